The first kappa shape index (κ1) is 17.9. The summed E-state index contributed by atoms with van der Waals surface area (Å²) in [5.74, 6) is 0.797. The molecule has 2 N–H and O–H groups in total. The van der Waals surface area contributed by atoms with E-state index < -0.39 is 0 Å². The van der Waals surface area contributed by atoms with Gasteiger partial charge in [0.05, 0.1) is 13.4 Å². The highest BCUT2D eigenvalue weighted by Crippen LogP contribution is 2.13. The van der Waals surface area contributed by atoms with Gasteiger partial charge in [0, 0.05) is 19.0 Å². The van der Waals surface area contributed by atoms with Crippen molar-refractivity contribution < 1.29 is 9.53 Å². The van der Waals surface area contributed by atoms with Gasteiger partial charge in [-0.05, 0) is 42.2 Å². The van der Waals surface area contributed by atoms with Crippen LogP contribution in [-0.2, 0) is 16.0 Å². The summed E-state index contributed by atoms with van der Waals surface area (Å²) < 4.78 is 4.88. The number of amides is 1. The van der Waals surface area contributed by atoms with Gasteiger partial charge in [-0.1, -0.05) is 0 Å². The summed E-state index contributed by atoms with van der Waals surface area (Å²) in [5.41, 5.74) is 1.33. The predicted molar refractivity (Wildman–Crippen MR) is 95.9 cm³/mol. The molecule has 24 heavy (non-hydrogen) atoms. The summed E-state index contributed by atoms with van der Waals surface area (Å²) in [4.78, 5) is 23.9. The summed E-state index contributed by atoms with van der Waals surface area (Å²) in [5, 5.41) is 10.1. The van der Waals surface area contributed by atoms with Gasteiger partial charge in [0.15, 0.2) is 5.82 Å². The fourth-order valence-electron chi connectivity index (χ4n) is 1.98. The maximum atomic E-state index is 11.2. The average Bonchev–Trinajstić information content (AvgIpc) is 3.03. The number of aromatic nitrogens is 3. The van der Waals surface area contributed by atoms with E-state index in [0.717, 1.165) is 12.8 Å². The molecule has 1 unspecified atom stereocenters. The van der Waals surface area contributed by atoms with Crippen molar-refractivity contribution >= 4 is 35.2 Å². The van der Waals surface area contributed by atoms with Crippen LogP contribution in [0, 0.1) is 0 Å². The van der Waals surface area contributed by atoms with E-state index in [-0.39, 0.29) is 17.9 Å². The molecule has 2 aromatic heterocycles. The number of rotatable bonds is 8. The molecule has 0 aliphatic carbocycles. The lowest BCUT2D eigenvalue weighted by molar-refractivity contribution is -0.114. The minimum absolute atomic E-state index is 0.178. The molecule has 0 fully saturated rings. The van der Waals surface area contributed by atoms with Gasteiger partial charge in [-0.3, -0.25) is 10.1 Å². The standard InChI is InChI=1S/C16H21N5O2S/c1-11(4-5-13-7-9-24-10-13)17-15-19-14(6-8-23-3)20-16(21-15)18-12(2)22/h6-11H,4-5H2,1-3H3,(H2,17,18,19,20,21,22). The SMILES string of the molecule is COC=Cc1nc(NC(C)=O)nc(NC(C)CCc2ccsc2)n1. The molecule has 8 heteroatoms. The van der Waals surface area contributed by atoms with E-state index in [0.29, 0.717) is 11.8 Å². The first-order chi connectivity index (χ1) is 11.6. The van der Waals surface area contributed by atoms with Crippen LogP contribution in [-0.4, -0.2) is 34.0 Å². The first-order valence-electron chi connectivity index (χ1n) is 7.57. The smallest absolute Gasteiger partial charge is 0.234 e. The topological polar surface area (TPSA) is 89.0 Å². The highest BCUT2D eigenvalue weighted by atomic mass is 32.1. The van der Waals surface area contributed by atoms with Crippen LogP contribution in [0.1, 0.15) is 31.7 Å². The monoisotopic (exact) mass is 347 g/mol. The molecule has 1 atom stereocenters. The fourth-order valence-corrected chi connectivity index (χ4v) is 2.69. The Balaban J connectivity index is 2.05. The second-order valence-corrected chi connectivity index (χ2v) is 6.06. The minimum atomic E-state index is -0.237. The van der Waals surface area contributed by atoms with E-state index >= 15 is 0 Å². The molecule has 2 rings (SSSR count). The van der Waals surface area contributed by atoms with Crippen molar-refractivity contribution in [3.8, 4) is 0 Å². The zero-order valence-corrected chi connectivity index (χ0v) is 14.8. The number of aryl methyl sites for hydroxylation is 1. The van der Waals surface area contributed by atoms with Crippen molar-refractivity contribution in [1.82, 2.24) is 15.0 Å². The van der Waals surface area contributed by atoms with E-state index in [9.17, 15) is 4.79 Å². The molecular formula is C16H21N5O2S. The third-order valence-electron chi connectivity index (χ3n) is 3.12. The summed E-state index contributed by atoms with van der Waals surface area (Å²) in [6.07, 6.45) is 5.00. The van der Waals surface area contributed by atoms with Crippen LogP contribution < -0.4 is 10.6 Å². The number of methoxy groups -OCH3 is 1. The normalized spacial score (nSPS) is 12.1. The molecule has 0 aliphatic rings. The Labute approximate surface area is 145 Å². The highest BCUT2D eigenvalue weighted by Gasteiger charge is 2.09. The molecule has 2 aromatic rings. The lowest BCUT2D eigenvalue weighted by Gasteiger charge is -2.14. The molecule has 0 radical (unpaired) electrons. The molecule has 0 spiro atoms. The van der Waals surface area contributed by atoms with E-state index in [1.807, 2.05) is 0 Å². The van der Waals surface area contributed by atoms with Crippen molar-refractivity contribution in [3.63, 3.8) is 0 Å². The Kier molecular flexibility index (Phi) is 6.68. The van der Waals surface area contributed by atoms with Crippen molar-refractivity contribution in [2.75, 3.05) is 17.7 Å². The van der Waals surface area contributed by atoms with Gasteiger partial charge in [-0.15, -0.1) is 0 Å². The van der Waals surface area contributed by atoms with Crippen molar-refractivity contribution in [2.45, 2.75) is 32.7 Å². The van der Waals surface area contributed by atoms with Gasteiger partial charge in [0.25, 0.3) is 0 Å². The number of ether oxygens (including phenoxy) is 1. The molecule has 1 amide bonds. The Morgan fingerprint density at radius 1 is 1.38 bits per heavy atom. The number of carbonyl (C=O) groups excluding carboxylic acids is 1. The predicted octanol–water partition coefficient (Wildman–Crippen LogP) is 2.94. The Bertz CT molecular complexity index is 688. The Hall–Kier alpha value is -2.48. The van der Waals surface area contributed by atoms with Gasteiger partial charge in [-0.2, -0.15) is 26.3 Å². The van der Waals surface area contributed by atoms with Crippen LogP contribution in [0.3, 0.4) is 0 Å². The molecule has 0 saturated heterocycles. The summed E-state index contributed by atoms with van der Waals surface area (Å²) in [7, 11) is 1.54. The van der Waals surface area contributed by atoms with E-state index in [1.165, 1.54) is 25.9 Å². The number of anilines is 2. The summed E-state index contributed by atoms with van der Waals surface area (Å²) in [6.45, 7) is 3.48. The quantitative estimate of drug-likeness (QED) is 0.714. The number of hydrogen-bond donors (Lipinski definition) is 2. The zero-order valence-electron chi connectivity index (χ0n) is 13.9. The van der Waals surface area contributed by atoms with Crippen LogP contribution in [0.25, 0.3) is 6.08 Å². The summed E-state index contributed by atoms with van der Waals surface area (Å²) >= 11 is 1.70. The van der Waals surface area contributed by atoms with Crippen LogP contribution >= 0.6 is 11.3 Å². The maximum Gasteiger partial charge on any atom is 0.234 e. The second-order valence-electron chi connectivity index (χ2n) is 5.28. The number of nitrogens with one attached hydrogen (secondary N) is 2. The van der Waals surface area contributed by atoms with Crippen LogP contribution in [0.5, 0.6) is 0 Å². The number of nitrogens with zero attached hydrogens (tertiary/aromatic N) is 3. The summed E-state index contributed by atoms with van der Waals surface area (Å²) in [6, 6.07) is 2.31. The number of thiophene rings is 1. The number of carbonyl (C=O) groups is 1. The fraction of sp³-hybridized carbons (Fsp3) is 0.375. The van der Waals surface area contributed by atoms with E-state index in [4.69, 9.17) is 4.74 Å². The van der Waals surface area contributed by atoms with Crippen molar-refractivity contribution in [3.05, 3.63) is 34.5 Å². The van der Waals surface area contributed by atoms with E-state index in [1.54, 1.807) is 17.4 Å². The average molecular weight is 347 g/mol. The Morgan fingerprint density at radius 3 is 2.83 bits per heavy atom. The van der Waals surface area contributed by atoms with Gasteiger partial charge >= 0.3 is 0 Å². The molecule has 0 saturated carbocycles. The third kappa shape index (κ3) is 5.96. The molecule has 128 valence electrons. The van der Waals surface area contributed by atoms with Gasteiger partial charge in [-0.25, -0.2) is 0 Å². The minimum Gasteiger partial charge on any atom is -0.504 e. The van der Waals surface area contributed by atoms with Crippen LogP contribution in [0.2, 0.25) is 0 Å². The largest absolute Gasteiger partial charge is 0.504 e. The molecule has 2 heterocycles. The molecule has 7 nitrogen and oxygen atoms in total. The van der Waals surface area contributed by atoms with Gasteiger partial charge in [0.2, 0.25) is 17.8 Å². The van der Waals surface area contributed by atoms with Gasteiger partial charge < -0.3 is 10.1 Å². The third-order valence-corrected chi connectivity index (χ3v) is 3.85. The first-order valence-corrected chi connectivity index (χ1v) is 8.51. The van der Waals surface area contributed by atoms with E-state index in [2.05, 4.69) is 49.3 Å². The van der Waals surface area contributed by atoms with Crippen LogP contribution in [0.4, 0.5) is 11.9 Å². The zero-order chi connectivity index (χ0) is 17.4. The molecule has 0 aromatic carbocycles. The van der Waals surface area contributed by atoms with Crippen LogP contribution in [0.15, 0.2) is 23.1 Å². The lowest BCUT2D eigenvalue weighted by atomic mass is 10.1. The van der Waals surface area contributed by atoms with Crippen molar-refractivity contribution in [2.24, 2.45) is 0 Å². The lowest BCUT2D eigenvalue weighted by Crippen LogP contribution is -2.20. The highest BCUT2D eigenvalue weighted by molar-refractivity contribution is 7.07. The van der Waals surface area contributed by atoms with Gasteiger partial charge in [0.1, 0.15) is 0 Å². The molecule has 0 aliphatic heterocycles. The second kappa shape index (κ2) is 8.97. The molecular weight excluding hydrogens is 326 g/mol. The Morgan fingerprint density at radius 2 is 2.17 bits per heavy atom. The van der Waals surface area contributed by atoms with Crippen molar-refractivity contribution in [1.29, 1.82) is 0 Å². The molecule has 0 bridgehead atoms. The maximum absolute atomic E-state index is 11.2. The number of hydrogen-bond acceptors (Lipinski definition) is 7.